The second-order valence-electron chi connectivity index (χ2n) is 4.98. The van der Waals surface area contributed by atoms with Crippen LogP contribution in [0.15, 0.2) is 0 Å². The molecular weight excluding hydrogens is 260 g/mol. The first kappa shape index (κ1) is 16.8. The predicted molar refractivity (Wildman–Crippen MR) is 80.4 cm³/mol. The molecule has 1 aliphatic rings. The first-order valence-corrected chi connectivity index (χ1v) is 8.22. The normalized spacial score (nSPS) is 18.9. The Hall–Kier alpha value is -0.230. The van der Waals surface area contributed by atoms with Crippen LogP contribution in [0, 0.1) is 11.8 Å². The molecule has 1 rings (SSSR count). The molecule has 1 aliphatic heterocycles. The molecule has 0 spiro atoms. The predicted octanol–water partition coefficient (Wildman–Crippen LogP) is 4.50. The van der Waals surface area contributed by atoms with Crippen LogP contribution in [0.2, 0.25) is 0 Å². The van der Waals surface area contributed by atoms with E-state index in [0.717, 1.165) is 51.2 Å². The molecule has 3 heteroatoms. The van der Waals surface area contributed by atoms with E-state index in [1.54, 1.807) is 0 Å². The summed E-state index contributed by atoms with van der Waals surface area (Å²) in [6.07, 6.45) is 11.4. The average Bonchev–Trinajstić information content (AvgIpc) is 2.46. The van der Waals surface area contributed by atoms with E-state index in [4.69, 9.17) is 21.1 Å². The Morgan fingerprint density at radius 1 is 1.00 bits per heavy atom. The number of alkyl halides is 1. The molecule has 1 fully saturated rings. The summed E-state index contributed by atoms with van der Waals surface area (Å²) in [5.74, 6) is 7.08. The molecule has 0 amide bonds. The van der Waals surface area contributed by atoms with Gasteiger partial charge in [-0.05, 0) is 38.5 Å². The zero-order valence-corrected chi connectivity index (χ0v) is 12.7. The van der Waals surface area contributed by atoms with Crippen molar-refractivity contribution in [2.75, 3.05) is 19.1 Å². The van der Waals surface area contributed by atoms with E-state index < -0.39 is 0 Å². The summed E-state index contributed by atoms with van der Waals surface area (Å²) in [6.45, 7) is 1.71. The number of rotatable bonds is 9. The molecular formula is C16H27ClO2. The first-order chi connectivity index (χ1) is 9.43. The Morgan fingerprint density at radius 2 is 1.79 bits per heavy atom. The highest BCUT2D eigenvalue weighted by atomic mass is 35.5. The minimum atomic E-state index is 0.0709. The SMILES string of the molecule is ClCCCC#CCCCCCCOC1CCCCO1. The van der Waals surface area contributed by atoms with Crippen LogP contribution >= 0.6 is 11.6 Å². The second-order valence-corrected chi connectivity index (χ2v) is 5.36. The molecule has 0 radical (unpaired) electrons. The van der Waals surface area contributed by atoms with Crippen molar-refractivity contribution < 1.29 is 9.47 Å². The Bertz CT molecular complexity index is 251. The Morgan fingerprint density at radius 3 is 2.53 bits per heavy atom. The van der Waals surface area contributed by atoms with Crippen molar-refractivity contribution in [2.45, 2.75) is 70.5 Å². The quantitative estimate of drug-likeness (QED) is 0.353. The highest BCUT2D eigenvalue weighted by Gasteiger charge is 2.12. The van der Waals surface area contributed by atoms with Crippen molar-refractivity contribution in [1.29, 1.82) is 0 Å². The molecule has 0 aliphatic carbocycles. The van der Waals surface area contributed by atoms with Gasteiger partial charge in [0, 0.05) is 31.9 Å². The van der Waals surface area contributed by atoms with Crippen LogP contribution in [-0.4, -0.2) is 25.4 Å². The van der Waals surface area contributed by atoms with Gasteiger partial charge < -0.3 is 9.47 Å². The van der Waals surface area contributed by atoms with Crippen LogP contribution in [0.4, 0.5) is 0 Å². The maximum Gasteiger partial charge on any atom is 0.157 e. The van der Waals surface area contributed by atoms with E-state index in [2.05, 4.69) is 11.8 Å². The molecule has 0 bridgehead atoms. The van der Waals surface area contributed by atoms with Gasteiger partial charge in [0.15, 0.2) is 6.29 Å². The van der Waals surface area contributed by atoms with Crippen molar-refractivity contribution >= 4 is 11.6 Å². The molecule has 0 aromatic heterocycles. The van der Waals surface area contributed by atoms with Crippen LogP contribution in [-0.2, 0) is 9.47 Å². The van der Waals surface area contributed by atoms with Gasteiger partial charge in [0.05, 0.1) is 0 Å². The molecule has 1 saturated heterocycles. The van der Waals surface area contributed by atoms with Gasteiger partial charge in [0.25, 0.3) is 0 Å². The first-order valence-electron chi connectivity index (χ1n) is 7.68. The fourth-order valence-corrected chi connectivity index (χ4v) is 2.19. The standard InChI is InChI=1S/C16H27ClO2/c17-13-9-6-4-2-1-3-5-7-10-14-18-16-12-8-11-15-19-16/h16H,1,3,5-15H2. The van der Waals surface area contributed by atoms with E-state index in [9.17, 15) is 0 Å². The molecule has 0 N–H and O–H groups in total. The molecule has 2 nitrogen and oxygen atoms in total. The van der Waals surface area contributed by atoms with Crippen molar-refractivity contribution in [3.63, 3.8) is 0 Å². The highest BCUT2D eigenvalue weighted by Crippen LogP contribution is 2.14. The molecule has 0 aromatic carbocycles. The third kappa shape index (κ3) is 10.2. The molecule has 110 valence electrons. The molecule has 19 heavy (non-hydrogen) atoms. The third-order valence-corrected chi connectivity index (χ3v) is 3.47. The van der Waals surface area contributed by atoms with E-state index in [0.29, 0.717) is 0 Å². The maximum atomic E-state index is 5.69. The summed E-state index contributed by atoms with van der Waals surface area (Å²) in [7, 11) is 0. The average molecular weight is 287 g/mol. The lowest BCUT2D eigenvalue weighted by Crippen LogP contribution is -2.22. The zero-order chi connectivity index (χ0) is 13.6. The summed E-state index contributed by atoms with van der Waals surface area (Å²) in [5, 5.41) is 0. The Balaban J connectivity index is 1.79. The van der Waals surface area contributed by atoms with Gasteiger partial charge in [-0.15, -0.1) is 23.4 Å². The Labute approximate surface area is 123 Å². The number of hydrogen-bond donors (Lipinski definition) is 0. The summed E-state index contributed by atoms with van der Waals surface area (Å²) >= 11 is 5.58. The second kappa shape index (κ2) is 12.8. The monoisotopic (exact) mass is 286 g/mol. The maximum absolute atomic E-state index is 5.69. The minimum absolute atomic E-state index is 0.0709. The van der Waals surface area contributed by atoms with E-state index in [1.165, 1.54) is 32.1 Å². The van der Waals surface area contributed by atoms with Gasteiger partial charge in [-0.3, -0.25) is 0 Å². The lowest BCUT2D eigenvalue weighted by molar-refractivity contribution is -0.162. The van der Waals surface area contributed by atoms with Crippen LogP contribution < -0.4 is 0 Å². The fourth-order valence-electron chi connectivity index (χ4n) is 2.06. The topological polar surface area (TPSA) is 18.5 Å². The molecule has 1 heterocycles. The van der Waals surface area contributed by atoms with Gasteiger partial charge in [0.2, 0.25) is 0 Å². The van der Waals surface area contributed by atoms with Crippen LogP contribution in [0.1, 0.15) is 64.2 Å². The zero-order valence-electron chi connectivity index (χ0n) is 12.0. The van der Waals surface area contributed by atoms with Crippen molar-refractivity contribution in [1.82, 2.24) is 0 Å². The largest absolute Gasteiger partial charge is 0.353 e. The van der Waals surface area contributed by atoms with Gasteiger partial charge in [-0.25, -0.2) is 0 Å². The van der Waals surface area contributed by atoms with Crippen molar-refractivity contribution in [2.24, 2.45) is 0 Å². The van der Waals surface area contributed by atoms with E-state index >= 15 is 0 Å². The van der Waals surface area contributed by atoms with E-state index in [1.807, 2.05) is 0 Å². The third-order valence-electron chi connectivity index (χ3n) is 3.20. The lowest BCUT2D eigenvalue weighted by Gasteiger charge is -2.22. The summed E-state index contributed by atoms with van der Waals surface area (Å²) < 4.78 is 11.2. The number of ether oxygens (including phenoxy) is 2. The van der Waals surface area contributed by atoms with Crippen LogP contribution in [0.25, 0.3) is 0 Å². The summed E-state index contributed by atoms with van der Waals surface area (Å²) in [5.41, 5.74) is 0. The fraction of sp³-hybridized carbons (Fsp3) is 0.875. The van der Waals surface area contributed by atoms with Gasteiger partial charge in [-0.2, -0.15) is 0 Å². The van der Waals surface area contributed by atoms with Crippen LogP contribution in [0.3, 0.4) is 0 Å². The molecule has 0 aromatic rings. The molecule has 1 atom stereocenters. The van der Waals surface area contributed by atoms with E-state index in [-0.39, 0.29) is 6.29 Å². The smallest absolute Gasteiger partial charge is 0.157 e. The number of unbranched alkanes of at least 4 members (excludes halogenated alkanes) is 5. The van der Waals surface area contributed by atoms with Gasteiger partial charge >= 0.3 is 0 Å². The minimum Gasteiger partial charge on any atom is -0.353 e. The van der Waals surface area contributed by atoms with Gasteiger partial charge in [0.1, 0.15) is 0 Å². The highest BCUT2D eigenvalue weighted by molar-refractivity contribution is 6.17. The lowest BCUT2D eigenvalue weighted by atomic mass is 10.1. The summed E-state index contributed by atoms with van der Waals surface area (Å²) in [6, 6.07) is 0. The summed E-state index contributed by atoms with van der Waals surface area (Å²) in [4.78, 5) is 0. The molecule has 0 saturated carbocycles. The molecule has 1 unspecified atom stereocenters. The van der Waals surface area contributed by atoms with Crippen molar-refractivity contribution in [3.8, 4) is 11.8 Å². The number of halogens is 1. The van der Waals surface area contributed by atoms with Crippen molar-refractivity contribution in [3.05, 3.63) is 0 Å². The van der Waals surface area contributed by atoms with Gasteiger partial charge in [-0.1, -0.05) is 12.8 Å². The number of hydrogen-bond acceptors (Lipinski definition) is 2. The Kier molecular flexibility index (Phi) is 11.3. The van der Waals surface area contributed by atoms with Crippen LogP contribution in [0.5, 0.6) is 0 Å².